The molecule has 92 valence electrons. The molecule has 0 fully saturated rings. The normalized spacial score (nSPS) is 13.1. The Bertz CT molecular complexity index is 337. The first kappa shape index (κ1) is 13.2. The standard InChI is InChI=1S/C13H25N3/c1-11-6-15-10-16(11)9-13(4,5)7-12(2,3)8-14/h6,10H,7-9,14H2,1-5H3. The third-order valence-corrected chi connectivity index (χ3v) is 3.03. The van der Waals surface area contributed by atoms with Gasteiger partial charge >= 0.3 is 0 Å². The van der Waals surface area contributed by atoms with Gasteiger partial charge in [-0.1, -0.05) is 27.7 Å². The first-order chi connectivity index (χ1) is 7.26. The summed E-state index contributed by atoms with van der Waals surface area (Å²) in [7, 11) is 0. The van der Waals surface area contributed by atoms with Crippen molar-refractivity contribution < 1.29 is 0 Å². The zero-order valence-corrected chi connectivity index (χ0v) is 11.2. The Balaban J connectivity index is 2.69. The molecule has 2 N–H and O–H groups in total. The van der Waals surface area contributed by atoms with E-state index in [1.54, 1.807) is 0 Å². The molecular weight excluding hydrogens is 198 g/mol. The zero-order valence-electron chi connectivity index (χ0n) is 11.2. The predicted octanol–water partition coefficient (Wildman–Crippen LogP) is 2.59. The third kappa shape index (κ3) is 3.63. The van der Waals surface area contributed by atoms with Gasteiger partial charge in [-0.3, -0.25) is 0 Å². The van der Waals surface area contributed by atoms with Crippen LogP contribution in [0.2, 0.25) is 0 Å². The van der Waals surface area contributed by atoms with E-state index in [4.69, 9.17) is 5.73 Å². The molecule has 16 heavy (non-hydrogen) atoms. The fourth-order valence-corrected chi connectivity index (χ4v) is 2.44. The van der Waals surface area contributed by atoms with Crippen molar-refractivity contribution in [1.82, 2.24) is 9.55 Å². The van der Waals surface area contributed by atoms with E-state index in [1.165, 1.54) is 5.69 Å². The fourth-order valence-electron chi connectivity index (χ4n) is 2.44. The summed E-state index contributed by atoms with van der Waals surface area (Å²) in [6.45, 7) is 12.9. The zero-order chi connectivity index (χ0) is 12.4. The lowest BCUT2D eigenvalue weighted by Crippen LogP contribution is -2.32. The highest BCUT2D eigenvalue weighted by Gasteiger charge is 2.28. The van der Waals surface area contributed by atoms with E-state index in [0.717, 1.165) is 19.5 Å². The van der Waals surface area contributed by atoms with E-state index in [1.807, 2.05) is 12.5 Å². The topological polar surface area (TPSA) is 43.8 Å². The van der Waals surface area contributed by atoms with E-state index < -0.39 is 0 Å². The average Bonchev–Trinajstić information content (AvgIpc) is 2.49. The molecular formula is C13H25N3. The Hall–Kier alpha value is -0.830. The molecule has 0 saturated heterocycles. The molecule has 1 aromatic heterocycles. The molecule has 1 aromatic rings. The lowest BCUT2D eigenvalue weighted by atomic mass is 9.75. The Morgan fingerprint density at radius 1 is 1.25 bits per heavy atom. The van der Waals surface area contributed by atoms with Gasteiger partial charge in [0.15, 0.2) is 0 Å². The van der Waals surface area contributed by atoms with Gasteiger partial charge in [-0.05, 0) is 30.7 Å². The van der Waals surface area contributed by atoms with Crippen LogP contribution in [-0.2, 0) is 6.54 Å². The van der Waals surface area contributed by atoms with Gasteiger partial charge in [-0.2, -0.15) is 0 Å². The van der Waals surface area contributed by atoms with Gasteiger partial charge in [0.05, 0.1) is 6.33 Å². The van der Waals surface area contributed by atoms with Crippen molar-refractivity contribution in [3.05, 3.63) is 18.2 Å². The first-order valence-corrected chi connectivity index (χ1v) is 5.93. The summed E-state index contributed by atoms with van der Waals surface area (Å²) in [4.78, 5) is 4.16. The second-order valence-corrected chi connectivity index (χ2v) is 6.37. The van der Waals surface area contributed by atoms with Crippen molar-refractivity contribution in [1.29, 1.82) is 0 Å². The molecule has 0 radical (unpaired) electrons. The molecule has 0 aliphatic heterocycles. The van der Waals surface area contributed by atoms with Crippen molar-refractivity contribution >= 4 is 0 Å². The highest BCUT2D eigenvalue weighted by molar-refractivity contribution is 4.95. The second kappa shape index (κ2) is 4.58. The molecule has 0 aliphatic carbocycles. The average molecular weight is 223 g/mol. The maximum Gasteiger partial charge on any atom is 0.0948 e. The summed E-state index contributed by atoms with van der Waals surface area (Å²) in [5.74, 6) is 0. The third-order valence-electron chi connectivity index (χ3n) is 3.03. The highest BCUT2D eigenvalue weighted by Crippen LogP contribution is 2.34. The molecule has 0 saturated carbocycles. The van der Waals surface area contributed by atoms with Crippen molar-refractivity contribution in [2.45, 2.75) is 47.6 Å². The minimum absolute atomic E-state index is 0.206. The maximum atomic E-state index is 5.80. The minimum atomic E-state index is 0.206. The van der Waals surface area contributed by atoms with E-state index in [9.17, 15) is 0 Å². The summed E-state index contributed by atoms with van der Waals surface area (Å²) in [5, 5.41) is 0. The van der Waals surface area contributed by atoms with Crippen molar-refractivity contribution in [2.75, 3.05) is 6.54 Å². The van der Waals surface area contributed by atoms with E-state index in [2.05, 4.69) is 44.2 Å². The Morgan fingerprint density at radius 3 is 2.31 bits per heavy atom. The molecule has 0 aromatic carbocycles. The molecule has 0 bridgehead atoms. The Morgan fingerprint density at radius 2 is 1.88 bits per heavy atom. The fraction of sp³-hybridized carbons (Fsp3) is 0.769. The smallest absolute Gasteiger partial charge is 0.0948 e. The van der Waals surface area contributed by atoms with Gasteiger partial charge in [0.25, 0.3) is 0 Å². The number of nitrogens with two attached hydrogens (primary N) is 1. The number of aryl methyl sites for hydroxylation is 1. The first-order valence-electron chi connectivity index (χ1n) is 5.93. The van der Waals surface area contributed by atoms with Crippen LogP contribution in [0.25, 0.3) is 0 Å². The van der Waals surface area contributed by atoms with Crippen LogP contribution in [-0.4, -0.2) is 16.1 Å². The number of hydrogen-bond donors (Lipinski definition) is 1. The summed E-state index contributed by atoms with van der Waals surface area (Å²) >= 11 is 0. The summed E-state index contributed by atoms with van der Waals surface area (Å²) in [6, 6.07) is 0. The van der Waals surface area contributed by atoms with Crippen LogP contribution in [0.4, 0.5) is 0 Å². The lowest BCUT2D eigenvalue weighted by molar-refractivity contribution is 0.176. The number of rotatable bonds is 5. The molecule has 0 amide bonds. The predicted molar refractivity (Wildman–Crippen MR) is 68.2 cm³/mol. The van der Waals surface area contributed by atoms with Crippen molar-refractivity contribution in [3.8, 4) is 0 Å². The quantitative estimate of drug-likeness (QED) is 0.834. The van der Waals surface area contributed by atoms with Crippen molar-refractivity contribution in [3.63, 3.8) is 0 Å². The van der Waals surface area contributed by atoms with Crippen LogP contribution in [0.1, 0.15) is 39.8 Å². The van der Waals surface area contributed by atoms with Gasteiger partial charge in [0.1, 0.15) is 0 Å². The molecule has 0 aliphatic rings. The summed E-state index contributed by atoms with van der Waals surface area (Å²) in [6.07, 6.45) is 4.94. The highest BCUT2D eigenvalue weighted by atomic mass is 15.0. The van der Waals surface area contributed by atoms with Crippen molar-refractivity contribution in [2.24, 2.45) is 16.6 Å². The second-order valence-electron chi connectivity index (χ2n) is 6.37. The van der Waals surface area contributed by atoms with E-state index in [0.29, 0.717) is 0 Å². The number of imidazole rings is 1. The number of nitrogens with zero attached hydrogens (tertiary/aromatic N) is 2. The number of hydrogen-bond acceptors (Lipinski definition) is 2. The van der Waals surface area contributed by atoms with Crippen LogP contribution in [0.3, 0.4) is 0 Å². The van der Waals surface area contributed by atoms with Crippen LogP contribution in [0.15, 0.2) is 12.5 Å². The monoisotopic (exact) mass is 223 g/mol. The van der Waals surface area contributed by atoms with Crippen LogP contribution < -0.4 is 5.73 Å². The van der Waals surface area contributed by atoms with Gasteiger partial charge in [-0.15, -0.1) is 0 Å². The molecule has 1 rings (SSSR count). The molecule has 3 heteroatoms. The van der Waals surface area contributed by atoms with E-state index >= 15 is 0 Å². The minimum Gasteiger partial charge on any atom is -0.334 e. The SMILES string of the molecule is Cc1cncn1CC(C)(C)CC(C)(C)CN. The lowest BCUT2D eigenvalue weighted by Gasteiger charge is -2.34. The summed E-state index contributed by atoms with van der Waals surface area (Å²) < 4.78 is 2.21. The molecule has 0 unspecified atom stereocenters. The summed E-state index contributed by atoms with van der Waals surface area (Å²) in [5.41, 5.74) is 7.47. The molecule has 0 spiro atoms. The molecule has 1 heterocycles. The van der Waals surface area contributed by atoms with Gasteiger partial charge in [0, 0.05) is 18.4 Å². The van der Waals surface area contributed by atoms with Gasteiger partial charge in [0.2, 0.25) is 0 Å². The van der Waals surface area contributed by atoms with E-state index in [-0.39, 0.29) is 10.8 Å². The molecule has 0 atom stereocenters. The Kier molecular flexibility index (Phi) is 3.79. The number of aromatic nitrogens is 2. The van der Waals surface area contributed by atoms with Gasteiger partial charge in [-0.25, -0.2) is 4.98 Å². The Labute approximate surface area is 99.1 Å². The largest absolute Gasteiger partial charge is 0.334 e. The molecule has 3 nitrogen and oxygen atoms in total. The van der Waals surface area contributed by atoms with Gasteiger partial charge < -0.3 is 10.3 Å². The van der Waals surface area contributed by atoms with Crippen LogP contribution >= 0.6 is 0 Å². The van der Waals surface area contributed by atoms with Crippen LogP contribution in [0, 0.1) is 17.8 Å². The van der Waals surface area contributed by atoms with Crippen LogP contribution in [0.5, 0.6) is 0 Å². The maximum absolute atomic E-state index is 5.80.